The lowest BCUT2D eigenvalue weighted by molar-refractivity contribution is 0.422. The smallest absolute Gasteiger partial charge is 0.120 e. The fourth-order valence-corrected chi connectivity index (χ4v) is 3.54. The zero-order valence-electron chi connectivity index (χ0n) is 12.8. The van der Waals surface area contributed by atoms with Crippen molar-refractivity contribution < 1.29 is 5.11 Å². The van der Waals surface area contributed by atoms with Crippen LogP contribution >= 0.6 is 0 Å². The zero-order chi connectivity index (χ0) is 15.0. The number of nitrogens with zero attached hydrogens (tertiary/aromatic N) is 1. The quantitative estimate of drug-likeness (QED) is 0.894. The van der Waals surface area contributed by atoms with E-state index in [0.29, 0.717) is 11.7 Å². The third-order valence-electron chi connectivity index (χ3n) is 4.57. The summed E-state index contributed by atoms with van der Waals surface area (Å²) in [7, 11) is 0. The van der Waals surface area contributed by atoms with E-state index in [1.54, 1.807) is 0 Å². The minimum atomic E-state index is 0.207. The van der Waals surface area contributed by atoms with Crippen LogP contribution in [-0.4, -0.2) is 10.1 Å². The number of aryl methyl sites for hydroxylation is 1. The van der Waals surface area contributed by atoms with E-state index in [1.807, 2.05) is 36.7 Å². The average Bonchev–Trinajstić information content (AvgIpc) is 2.81. The summed E-state index contributed by atoms with van der Waals surface area (Å²) in [6.07, 6.45) is 4.67. The van der Waals surface area contributed by atoms with Crippen molar-refractivity contribution in [1.82, 2.24) is 10.3 Å². The summed E-state index contributed by atoms with van der Waals surface area (Å²) in [4.78, 5) is 4.07. The van der Waals surface area contributed by atoms with Crippen molar-refractivity contribution in [3.05, 3.63) is 58.9 Å². The third-order valence-corrected chi connectivity index (χ3v) is 4.57. The minimum Gasteiger partial charge on any atom is -0.508 e. The van der Waals surface area contributed by atoms with Crippen LogP contribution in [0.2, 0.25) is 0 Å². The van der Waals surface area contributed by atoms with Gasteiger partial charge in [-0.05, 0) is 61.1 Å². The Bertz CT molecular complexity index is 639. The van der Waals surface area contributed by atoms with E-state index in [2.05, 4.69) is 31.1 Å². The number of phenolic OH excluding ortho intramolecular Hbond substituents is 1. The topological polar surface area (TPSA) is 45.1 Å². The number of benzene rings is 1. The average molecular weight is 282 g/mol. The summed E-state index contributed by atoms with van der Waals surface area (Å²) in [6.45, 7) is 6.53. The maximum absolute atomic E-state index is 10.3. The molecule has 0 radical (unpaired) electrons. The van der Waals surface area contributed by atoms with Gasteiger partial charge in [0.2, 0.25) is 0 Å². The first-order valence-electron chi connectivity index (χ1n) is 7.56. The molecule has 2 unspecified atom stereocenters. The highest BCUT2D eigenvalue weighted by molar-refractivity contribution is 5.51. The van der Waals surface area contributed by atoms with E-state index in [0.717, 1.165) is 12.0 Å². The van der Waals surface area contributed by atoms with Crippen LogP contribution in [0.1, 0.15) is 60.5 Å². The fourth-order valence-electron chi connectivity index (χ4n) is 3.54. The molecule has 1 heterocycles. The van der Waals surface area contributed by atoms with Gasteiger partial charge in [0.25, 0.3) is 0 Å². The van der Waals surface area contributed by atoms with E-state index in [1.165, 1.54) is 16.7 Å². The molecule has 1 aromatic carbocycles. The van der Waals surface area contributed by atoms with Gasteiger partial charge in [0.1, 0.15) is 5.75 Å². The molecule has 3 rings (SSSR count). The number of aromatic hydroxyl groups is 1. The van der Waals surface area contributed by atoms with Gasteiger partial charge in [0.15, 0.2) is 0 Å². The maximum Gasteiger partial charge on any atom is 0.120 e. The Balaban J connectivity index is 1.88. The number of pyridine rings is 1. The van der Waals surface area contributed by atoms with Gasteiger partial charge in [-0.15, -0.1) is 0 Å². The number of hydrogen-bond donors (Lipinski definition) is 2. The van der Waals surface area contributed by atoms with Crippen molar-refractivity contribution >= 4 is 0 Å². The van der Waals surface area contributed by atoms with Crippen LogP contribution in [0, 0.1) is 6.92 Å². The molecule has 0 bridgehead atoms. The monoisotopic (exact) mass is 282 g/mol. The summed E-state index contributed by atoms with van der Waals surface area (Å²) in [6, 6.07) is 8.34. The van der Waals surface area contributed by atoms with Crippen LogP contribution in [0.25, 0.3) is 0 Å². The van der Waals surface area contributed by atoms with Gasteiger partial charge in [-0.1, -0.05) is 13.0 Å². The molecular formula is C18H22N2O. The number of hydrogen-bond acceptors (Lipinski definition) is 3. The molecule has 1 aromatic heterocycles. The van der Waals surface area contributed by atoms with Crippen LogP contribution in [-0.2, 0) is 0 Å². The van der Waals surface area contributed by atoms with Crippen LogP contribution < -0.4 is 5.32 Å². The lowest BCUT2D eigenvalue weighted by atomic mass is 9.97. The molecule has 0 fully saturated rings. The largest absolute Gasteiger partial charge is 0.508 e. The molecule has 2 aromatic rings. The molecule has 3 nitrogen and oxygen atoms in total. The lowest BCUT2D eigenvalue weighted by Crippen LogP contribution is -2.23. The standard InChI is InChI=1S/C18H22N2O/c1-11-4-5-16(21)18-15(10-12(2)17(11)18)20-13(3)14-6-8-19-9-7-14/h4-9,12-13,15,20-21H,10H2,1-3H3/t12?,13-,15?/m1/s1. The molecule has 1 aliphatic rings. The zero-order valence-corrected chi connectivity index (χ0v) is 12.8. The van der Waals surface area contributed by atoms with Crippen LogP contribution in [0.3, 0.4) is 0 Å². The molecule has 21 heavy (non-hydrogen) atoms. The Morgan fingerprint density at radius 3 is 2.62 bits per heavy atom. The van der Waals surface area contributed by atoms with Crippen molar-refractivity contribution in [2.45, 2.75) is 45.2 Å². The number of aromatic nitrogens is 1. The Morgan fingerprint density at radius 2 is 1.90 bits per heavy atom. The highest BCUT2D eigenvalue weighted by Gasteiger charge is 2.32. The van der Waals surface area contributed by atoms with Gasteiger partial charge < -0.3 is 10.4 Å². The first-order valence-corrected chi connectivity index (χ1v) is 7.56. The molecule has 3 heteroatoms. The number of nitrogens with one attached hydrogen (secondary N) is 1. The van der Waals surface area contributed by atoms with Crippen molar-refractivity contribution in [1.29, 1.82) is 0 Å². The van der Waals surface area contributed by atoms with Crippen LogP contribution in [0.5, 0.6) is 5.75 Å². The Kier molecular flexibility index (Phi) is 3.68. The number of rotatable bonds is 3. The summed E-state index contributed by atoms with van der Waals surface area (Å²) >= 11 is 0. The van der Waals surface area contributed by atoms with Crippen molar-refractivity contribution in [2.75, 3.05) is 0 Å². The second-order valence-corrected chi connectivity index (χ2v) is 6.09. The normalized spacial score (nSPS) is 22.0. The van der Waals surface area contributed by atoms with Gasteiger partial charge in [-0.2, -0.15) is 0 Å². The predicted molar refractivity (Wildman–Crippen MR) is 84.4 cm³/mol. The fraction of sp³-hybridized carbons (Fsp3) is 0.389. The highest BCUT2D eigenvalue weighted by Crippen LogP contribution is 2.46. The van der Waals surface area contributed by atoms with Gasteiger partial charge in [-0.25, -0.2) is 0 Å². The molecule has 0 spiro atoms. The molecule has 0 saturated heterocycles. The van der Waals surface area contributed by atoms with Crippen molar-refractivity contribution in [3.63, 3.8) is 0 Å². The third kappa shape index (κ3) is 2.54. The van der Waals surface area contributed by atoms with Crippen LogP contribution in [0.4, 0.5) is 0 Å². The second kappa shape index (κ2) is 5.49. The molecular weight excluding hydrogens is 260 g/mol. The summed E-state index contributed by atoms with van der Waals surface area (Å²) < 4.78 is 0. The van der Waals surface area contributed by atoms with E-state index in [4.69, 9.17) is 0 Å². The molecule has 0 aliphatic heterocycles. The SMILES string of the molecule is Cc1ccc(O)c2c1C(C)CC2N[C@H](C)c1ccncc1. The lowest BCUT2D eigenvalue weighted by Gasteiger charge is -2.21. The summed E-state index contributed by atoms with van der Waals surface area (Å²) in [5.41, 5.74) is 4.90. The summed E-state index contributed by atoms with van der Waals surface area (Å²) in [5.74, 6) is 0.897. The van der Waals surface area contributed by atoms with E-state index >= 15 is 0 Å². The molecule has 3 atom stereocenters. The number of fused-ring (bicyclic) bond motifs is 1. The first-order chi connectivity index (χ1) is 10.1. The van der Waals surface area contributed by atoms with Crippen molar-refractivity contribution in [2.24, 2.45) is 0 Å². The van der Waals surface area contributed by atoms with Gasteiger partial charge in [0.05, 0.1) is 0 Å². The first kappa shape index (κ1) is 14.1. The molecule has 110 valence electrons. The molecule has 1 aliphatic carbocycles. The van der Waals surface area contributed by atoms with Gasteiger partial charge in [-0.3, -0.25) is 4.98 Å². The van der Waals surface area contributed by atoms with E-state index in [-0.39, 0.29) is 12.1 Å². The molecule has 2 N–H and O–H groups in total. The minimum absolute atomic E-state index is 0.207. The maximum atomic E-state index is 10.3. The summed E-state index contributed by atoms with van der Waals surface area (Å²) in [5, 5.41) is 13.9. The van der Waals surface area contributed by atoms with E-state index < -0.39 is 0 Å². The van der Waals surface area contributed by atoms with Crippen molar-refractivity contribution in [3.8, 4) is 5.75 Å². The van der Waals surface area contributed by atoms with Gasteiger partial charge >= 0.3 is 0 Å². The second-order valence-electron chi connectivity index (χ2n) is 6.09. The predicted octanol–water partition coefficient (Wildman–Crippen LogP) is 3.99. The Labute approximate surface area is 126 Å². The van der Waals surface area contributed by atoms with Gasteiger partial charge in [0, 0.05) is 30.0 Å². The Morgan fingerprint density at radius 1 is 1.19 bits per heavy atom. The number of phenols is 1. The Hall–Kier alpha value is -1.87. The van der Waals surface area contributed by atoms with Crippen LogP contribution in [0.15, 0.2) is 36.7 Å². The highest BCUT2D eigenvalue weighted by atomic mass is 16.3. The van der Waals surface area contributed by atoms with E-state index in [9.17, 15) is 5.11 Å². The molecule has 0 saturated carbocycles. The molecule has 0 amide bonds.